The molecule has 0 aromatic heterocycles. The number of rotatable bonds is 4. The SMILES string of the molecule is O=C(OC(c1ccccc1)c1ccccc1)Sc1ccccc1. The minimum Gasteiger partial charge on any atom is -0.444 e. The maximum atomic E-state index is 12.3. The van der Waals surface area contributed by atoms with Gasteiger partial charge in [-0.3, -0.25) is 0 Å². The Balaban J connectivity index is 1.81. The van der Waals surface area contributed by atoms with Crippen molar-refractivity contribution in [3.63, 3.8) is 0 Å². The summed E-state index contributed by atoms with van der Waals surface area (Å²) in [6.45, 7) is 0. The van der Waals surface area contributed by atoms with Crippen LogP contribution in [0.3, 0.4) is 0 Å². The highest BCUT2D eigenvalue weighted by Crippen LogP contribution is 2.30. The largest absolute Gasteiger partial charge is 0.444 e. The van der Waals surface area contributed by atoms with Crippen LogP contribution in [-0.4, -0.2) is 5.30 Å². The third kappa shape index (κ3) is 4.24. The van der Waals surface area contributed by atoms with Gasteiger partial charge >= 0.3 is 5.30 Å². The minimum absolute atomic E-state index is 0.311. The van der Waals surface area contributed by atoms with E-state index < -0.39 is 6.10 Å². The van der Waals surface area contributed by atoms with Gasteiger partial charge in [-0.2, -0.15) is 0 Å². The summed E-state index contributed by atoms with van der Waals surface area (Å²) in [5.41, 5.74) is 1.92. The Hall–Kier alpha value is -2.52. The van der Waals surface area contributed by atoms with Gasteiger partial charge in [0.05, 0.1) is 0 Å². The second kappa shape index (κ2) is 7.65. The summed E-state index contributed by atoms with van der Waals surface area (Å²) in [7, 11) is 0. The second-order valence-corrected chi connectivity index (χ2v) is 5.99. The summed E-state index contributed by atoms with van der Waals surface area (Å²) in [6, 6.07) is 29.1. The molecule has 0 atom stereocenters. The van der Waals surface area contributed by atoms with Crippen molar-refractivity contribution in [3.05, 3.63) is 102 Å². The zero-order valence-electron chi connectivity index (χ0n) is 12.5. The van der Waals surface area contributed by atoms with Crippen LogP contribution in [0, 0.1) is 0 Å². The van der Waals surface area contributed by atoms with Gasteiger partial charge in [-0.1, -0.05) is 78.9 Å². The molecule has 0 saturated carbocycles. The number of ether oxygens (including phenoxy) is 1. The van der Waals surface area contributed by atoms with E-state index in [9.17, 15) is 4.79 Å². The molecule has 0 N–H and O–H groups in total. The Morgan fingerprint density at radius 1 is 0.696 bits per heavy atom. The molecule has 0 amide bonds. The van der Waals surface area contributed by atoms with E-state index in [-0.39, 0.29) is 5.30 Å². The van der Waals surface area contributed by atoms with E-state index in [1.54, 1.807) is 0 Å². The highest BCUT2D eigenvalue weighted by atomic mass is 32.2. The van der Waals surface area contributed by atoms with Gasteiger partial charge < -0.3 is 4.74 Å². The van der Waals surface area contributed by atoms with Gasteiger partial charge in [0.2, 0.25) is 0 Å². The number of benzene rings is 3. The molecule has 3 aromatic carbocycles. The lowest BCUT2D eigenvalue weighted by Gasteiger charge is -2.18. The van der Waals surface area contributed by atoms with Crippen molar-refractivity contribution in [1.29, 1.82) is 0 Å². The summed E-state index contributed by atoms with van der Waals surface area (Å²) >= 11 is 1.10. The van der Waals surface area contributed by atoms with E-state index in [2.05, 4.69) is 0 Å². The lowest BCUT2D eigenvalue weighted by atomic mass is 10.0. The molecule has 0 saturated heterocycles. The molecular formula is C20H16O2S. The van der Waals surface area contributed by atoms with Gasteiger partial charge in [0, 0.05) is 4.90 Å². The summed E-state index contributed by atoms with van der Waals surface area (Å²) in [6.07, 6.45) is -0.402. The molecule has 0 aliphatic rings. The predicted octanol–water partition coefficient (Wildman–Crippen LogP) is 5.70. The van der Waals surface area contributed by atoms with Crippen molar-refractivity contribution in [3.8, 4) is 0 Å². The Bertz CT molecular complexity index is 703. The number of hydrogen-bond donors (Lipinski definition) is 0. The Morgan fingerprint density at radius 2 is 1.13 bits per heavy atom. The summed E-state index contributed by atoms with van der Waals surface area (Å²) in [5.74, 6) is 0. The fraction of sp³-hybridized carbons (Fsp3) is 0.0500. The fourth-order valence-corrected chi connectivity index (χ4v) is 2.92. The van der Waals surface area contributed by atoms with Gasteiger partial charge in [0.25, 0.3) is 0 Å². The maximum absolute atomic E-state index is 12.3. The molecule has 2 nitrogen and oxygen atoms in total. The van der Waals surface area contributed by atoms with E-state index in [1.807, 2.05) is 91.0 Å². The van der Waals surface area contributed by atoms with Crippen LogP contribution in [0.15, 0.2) is 95.9 Å². The molecule has 23 heavy (non-hydrogen) atoms. The van der Waals surface area contributed by atoms with E-state index in [0.717, 1.165) is 27.8 Å². The zero-order chi connectivity index (χ0) is 15.9. The first-order valence-electron chi connectivity index (χ1n) is 7.36. The fourth-order valence-electron chi connectivity index (χ4n) is 2.29. The quantitative estimate of drug-likeness (QED) is 0.455. The first-order chi connectivity index (χ1) is 11.3. The lowest BCUT2D eigenvalue weighted by Crippen LogP contribution is -2.09. The van der Waals surface area contributed by atoms with Crippen molar-refractivity contribution in [2.24, 2.45) is 0 Å². The third-order valence-corrected chi connectivity index (χ3v) is 4.13. The molecule has 0 unspecified atom stereocenters. The van der Waals surface area contributed by atoms with Crippen LogP contribution >= 0.6 is 11.8 Å². The Morgan fingerprint density at radius 3 is 1.61 bits per heavy atom. The van der Waals surface area contributed by atoms with Crippen LogP contribution in [0.1, 0.15) is 17.2 Å². The number of thioether (sulfide) groups is 1. The van der Waals surface area contributed by atoms with Gasteiger partial charge in [-0.25, -0.2) is 4.79 Å². The van der Waals surface area contributed by atoms with Crippen LogP contribution in [0.4, 0.5) is 4.79 Å². The normalized spacial score (nSPS) is 10.5. The number of carbonyl (C=O) groups excluding carboxylic acids is 1. The van der Waals surface area contributed by atoms with Crippen LogP contribution in [-0.2, 0) is 4.74 Å². The van der Waals surface area contributed by atoms with Crippen LogP contribution in [0.2, 0.25) is 0 Å². The van der Waals surface area contributed by atoms with Gasteiger partial charge in [-0.15, -0.1) is 0 Å². The Labute approximate surface area is 140 Å². The molecule has 0 radical (unpaired) electrons. The highest BCUT2D eigenvalue weighted by molar-refractivity contribution is 8.13. The summed E-state index contributed by atoms with van der Waals surface area (Å²) < 4.78 is 5.75. The van der Waals surface area contributed by atoms with Gasteiger partial charge in [0.1, 0.15) is 0 Å². The first kappa shape index (κ1) is 15.4. The van der Waals surface area contributed by atoms with Crippen molar-refractivity contribution < 1.29 is 9.53 Å². The average molecular weight is 320 g/mol. The maximum Gasteiger partial charge on any atom is 0.373 e. The summed E-state index contributed by atoms with van der Waals surface area (Å²) in [5, 5.41) is -0.311. The predicted molar refractivity (Wildman–Crippen MR) is 93.5 cm³/mol. The van der Waals surface area contributed by atoms with E-state index in [4.69, 9.17) is 4.74 Å². The second-order valence-electron chi connectivity index (χ2n) is 4.98. The smallest absolute Gasteiger partial charge is 0.373 e. The van der Waals surface area contributed by atoms with Crippen LogP contribution in [0.25, 0.3) is 0 Å². The monoisotopic (exact) mass is 320 g/mol. The van der Waals surface area contributed by atoms with E-state index >= 15 is 0 Å². The zero-order valence-corrected chi connectivity index (χ0v) is 13.3. The van der Waals surface area contributed by atoms with Crippen molar-refractivity contribution >= 4 is 17.1 Å². The number of hydrogen-bond acceptors (Lipinski definition) is 3. The molecule has 0 heterocycles. The van der Waals surface area contributed by atoms with Crippen LogP contribution in [0.5, 0.6) is 0 Å². The minimum atomic E-state index is -0.402. The molecule has 0 bridgehead atoms. The van der Waals surface area contributed by atoms with Crippen molar-refractivity contribution in [2.75, 3.05) is 0 Å². The molecule has 0 aliphatic heterocycles. The van der Waals surface area contributed by atoms with E-state index in [1.165, 1.54) is 0 Å². The molecular weight excluding hydrogens is 304 g/mol. The third-order valence-electron chi connectivity index (χ3n) is 3.36. The molecule has 0 fully saturated rings. The van der Waals surface area contributed by atoms with E-state index in [0.29, 0.717) is 0 Å². The average Bonchev–Trinajstić information content (AvgIpc) is 2.62. The molecule has 0 spiro atoms. The standard InChI is InChI=1S/C20H16O2S/c21-20(23-18-14-8-3-9-15-18)22-19(16-10-4-1-5-11-16)17-12-6-2-7-13-17/h1-15,19H. The van der Waals surface area contributed by atoms with Crippen LogP contribution < -0.4 is 0 Å². The molecule has 3 rings (SSSR count). The van der Waals surface area contributed by atoms with Gasteiger partial charge in [-0.05, 0) is 35.0 Å². The summed E-state index contributed by atoms with van der Waals surface area (Å²) in [4.78, 5) is 13.2. The molecule has 3 heteroatoms. The molecule has 3 aromatic rings. The molecule has 114 valence electrons. The topological polar surface area (TPSA) is 26.3 Å². The van der Waals surface area contributed by atoms with Crippen molar-refractivity contribution in [1.82, 2.24) is 0 Å². The molecule has 0 aliphatic carbocycles. The first-order valence-corrected chi connectivity index (χ1v) is 8.18. The Kier molecular flexibility index (Phi) is 5.12. The number of carbonyl (C=O) groups is 1. The highest BCUT2D eigenvalue weighted by Gasteiger charge is 2.19. The van der Waals surface area contributed by atoms with Crippen molar-refractivity contribution in [2.45, 2.75) is 11.0 Å². The lowest BCUT2D eigenvalue weighted by molar-refractivity contribution is 0.144. The van der Waals surface area contributed by atoms with Gasteiger partial charge in [0.15, 0.2) is 6.10 Å².